The lowest BCUT2D eigenvalue weighted by Gasteiger charge is -2.29. The van der Waals surface area contributed by atoms with Crippen LogP contribution < -0.4 is 11.1 Å². The summed E-state index contributed by atoms with van der Waals surface area (Å²) >= 11 is 6.27. The molecule has 2 aromatic carbocycles. The Morgan fingerprint density at radius 2 is 1.85 bits per heavy atom. The molecule has 6 nitrogen and oxygen atoms in total. The molecule has 3 N–H and O–H groups in total. The molecule has 1 fully saturated rings. The topological polar surface area (TPSA) is 72.0 Å². The van der Waals surface area contributed by atoms with Gasteiger partial charge in [0, 0.05) is 30.4 Å². The zero-order valence-electron chi connectivity index (χ0n) is 23.5. The predicted octanol–water partition coefficient (Wildman–Crippen LogP) is 6.75. The van der Waals surface area contributed by atoms with Gasteiger partial charge in [-0.2, -0.15) is 4.98 Å². The number of rotatable bonds is 12. The van der Waals surface area contributed by atoms with Crippen molar-refractivity contribution in [2.24, 2.45) is 5.92 Å². The van der Waals surface area contributed by atoms with E-state index in [0.29, 0.717) is 23.8 Å². The predicted molar refractivity (Wildman–Crippen MR) is 163 cm³/mol. The molecule has 0 saturated heterocycles. The van der Waals surface area contributed by atoms with E-state index in [-0.39, 0.29) is 11.1 Å². The molecule has 5 rings (SSSR count). The van der Waals surface area contributed by atoms with Crippen LogP contribution in [0.3, 0.4) is 0 Å². The lowest BCUT2D eigenvalue weighted by Crippen LogP contribution is -2.37. The summed E-state index contributed by atoms with van der Waals surface area (Å²) in [7, 11) is 0. The number of benzene rings is 2. The van der Waals surface area contributed by atoms with Gasteiger partial charge in [-0.1, -0.05) is 42.5 Å². The number of nitrogen functional groups attached to an aromatic ring is 1. The number of hydrogen-bond acceptors (Lipinski definition) is 5. The summed E-state index contributed by atoms with van der Waals surface area (Å²) < 4.78 is 15.4. The maximum atomic E-state index is 13.1. The van der Waals surface area contributed by atoms with E-state index in [2.05, 4.69) is 56.9 Å². The first-order chi connectivity index (χ1) is 19.4. The first kappa shape index (κ1) is 28.5. The summed E-state index contributed by atoms with van der Waals surface area (Å²) in [5.41, 5.74) is 10.5. The first-order valence-corrected chi connectivity index (χ1v) is 14.8. The van der Waals surface area contributed by atoms with Crippen LogP contribution >= 0.6 is 11.6 Å². The van der Waals surface area contributed by atoms with Crippen LogP contribution in [-0.4, -0.2) is 51.7 Å². The molecule has 8 heteroatoms. The summed E-state index contributed by atoms with van der Waals surface area (Å²) in [6.07, 6.45) is 7.64. The van der Waals surface area contributed by atoms with Gasteiger partial charge in [-0.15, -0.1) is 0 Å². The number of hydrogen-bond donors (Lipinski definition) is 2. The summed E-state index contributed by atoms with van der Waals surface area (Å²) in [5, 5.41) is 4.62. The number of nitrogens with two attached hydrogens (primary N) is 1. The van der Waals surface area contributed by atoms with Crippen LogP contribution in [0.25, 0.3) is 22.2 Å². The highest BCUT2D eigenvalue weighted by Gasteiger charge is 2.30. The second-order valence-corrected chi connectivity index (χ2v) is 11.6. The van der Waals surface area contributed by atoms with Gasteiger partial charge >= 0.3 is 0 Å². The molecule has 40 heavy (non-hydrogen) atoms. The Kier molecular flexibility index (Phi) is 9.35. The quantitative estimate of drug-likeness (QED) is 0.148. The van der Waals surface area contributed by atoms with Crippen molar-refractivity contribution in [3.8, 4) is 11.1 Å². The van der Waals surface area contributed by atoms with Crippen LogP contribution in [0.15, 0.2) is 60.8 Å². The number of anilines is 1. The maximum absolute atomic E-state index is 13.1. The van der Waals surface area contributed by atoms with Crippen molar-refractivity contribution in [2.75, 3.05) is 31.9 Å². The molecule has 1 saturated carbocycles. The van der Waals surface area contributed by atoms with E-state index >= 15 is 0 Å². The third-order valence-corrected chi connectivity index (χ3v) is 8.36. The van der Waals surface area contributed by atoms with Gasteiger partial charge in [-0.05, 0) is 106 Å². The lowest BCUT2D eigenvalue weighted by atomic mass is 10.1. The fourth-order valence-electron chi connectivity index (χ4n) is 6.04. The van der Waals surface area contributed by atoms with Crippen LogP contribution in [0.2, 0.25) is 5.28 Å². The average molecular weight is 563 g/mol. The van der Waals surface area contributed by atoms with Gasteiger partial charge in [0.2, 0.25) is 5.28 Å². The minimum atomic E-state index is -0.180. The fourth-order valence-corrected chi connectivity index (χ4v) is 6.21. The number of aromatic nitrogens is 3. The van der Waals surface area contributed by atoms with E-state index < -0.39 is 0 Å². The van der Waals surface area contributed by atoms with E-state index in [1.54, 1.807) is 0 Å². The minimum absolute atomic E-state index is 0.180. The second kappa shape index (κ2) is 13.1. The Morgan fingerprint density at radius 3 is 2.60 bits per heavy atom. The van der Waals surface area contributed by atoms with Crippen molar-refractivity contribution in [1.29, 1.82) is 0 Å². The summed E-state index contributed by atoms with van der Waals surface area (Å²) in [6, 6.07) is 17.9. The molecule has 2 atom stereocenters. The standard InChI is InChI=1S/C32H40ClFN6/c1-22(2)39(18-6-16-36-17-15-23-9-12-26(34)13-10-23)20-24-11-14-27(19-24)40-21-28(25-7-4-3-5-8-25)29-30(35)37-32(33)38-31(29)40/h3-5,7-10,12-13,21-22,24,27,36H,6,11,14-20H2,1-2H3,(H2,35,37,38). The van der Waals surface area contributed by atoms with Crippen molar-refractivity contribution in [3.05, 3.63) is 77.5 Å². The average Bonchev–Trinajstić information content (AvgIpc) is 3.56. The molecule has 0 bridgehead atoms. The summed E-state index contributed by atoms with van der Waals surface area (Å²) in [4.78, 5) is 11.5. The van der Waals surface area contributed by atoms with Crippen LogP contribution in [0.1, 0.15) is 51.1 Å². The summed E-state index contributed by atoms with van der Waals surface area (Å²) in [6.45, 7) is 8.66. The van der Waals surface area contributed by atoms with E-state index in [9.17, 15) is 4.39 Å². The largest absolute Gasteiger partial charge is 0.383 e. The second-order valence-electron chi connectivity index (χ2n) is 11.3. The van der Waals surface area contributed by atoms with E-state index in [1.165, 1.54) is 18.6 Å². The van der Waals surface area contributed by atoms with Gasteiger partial charge in [-0.25, -0.2) is 9.37 Å². The molecule has 4 aromatic rings. The van der Waals surface area contributed by atoms with Gasteiger partial charge in [0.25, 0.3) is 0 Å². The van der Waals surface area contributed by atoms with E-state index in [1.807, 2.05) is 30.3 Å². The fraction of sp³-hybridized carbons (Fsp3) is 0.438. The van der Waals surface area contributed by atoms with Gasteiger partial charge in [0.05, 0.1) is 5.39 Å². The van der Waals surface area contributed by atoms with Crippen molar-refractivity contribution in [2.45, 2.75) is 58.0 Å². The van der Waals surface area contributed by atoms with Gasteiger partial charge in [0.1, 0.15) is 17.3 Å². The molecule has 0 radical (unpaired) electrons. The molecular formula is C32H40ClFN6. The third-order valence-electron chi connectivity index (χ3n) is 8.19. The van der Waals surface area contributed by atoms with Crippen LogP contribution in [0.5, 0.6) is 0 Å². The number of nitrogens with one attached hydrogen (secondary N) is 1. The minimum Gasteiger partial charge on any atom is -0.383 e. The highest BCUT2D eigenvalue weighted by atomic mass is 35.5. The molecule has 1 aliphatic carbocycles. The number of fused-ring (bicyclic) bond motifs is 1. The normalized spacial score (nSPS) is 17.4. The molecular weight excluding hydrogens is 523 g/mol. The number of halogens is 2. The Bertz CT molecular complexity index is 1390. The van der Waals surface area contributed by atoms with Crippen molar-refractivity contribution in [3.63, 3.8) is 0 Å². The van der Waals surface area contributed by atoms with Crippen LogP contribution in [0.4, 0.5) is 10.2 Å². The molecule has 2 unspecified atom stereocenters. The molecule has 0 spiro atoms. The molecule has 2 heterocycles. The monoisotopic (exact) mass is 562 g/mol. The van der Waals surface area contributed by atoms with Crippen LogP contribution in [-0.2, 0) is 6.42 Å². The van der Waals surface area contributed by atoms with Crippen molar-refractivity contribution < 1.29 is 4.39 Å². The van der Waals surface area contributed by atoms with Gasteiger partial charge in [0.15, 0.2) is 0 Å². The molecule has 212 valence electrons. The summed E-state index contributed by atoms with van der Waals surface area (Å²) in [5.74, 6) is 0.881. The zero-order valence-corrected chi connectivity index (χ0v) is 24.2. The molecule has 1 aliphatic rings. The van der Waals surface area contributed by atoms with Gasteiger partial charge < -0.3 is 20.5 Å². The zero-order chi connectivity index (χ0) is 28.1. The van der Waals surface area contributed by atoms with E-state index in [0.717, 1.165) is 79.6 Å². The smallest absolute Gasteiger partial charge is 0.226 e. The molecule has 0 aliphatic heterocycles. The van der Waals surface area contributed by atoms with E-state index in [4.69, 9.17) is 17.3 Å². The number of nitrogens with zero attached hydrogens (tertiary/aromatic N) is 4. The SMILES string of the molecule is CC(C)N(CCCNCCc1ccc(F)cc1)CC1CCC(n2cc(-c3ccccc3)c3c(N)nc(Cl)nc32)C1. The van der Waals surface area contributed by atoms with Crippen LogP contribution in [0, 0.1) is 11.7 Å². The molecule has 0 amide bonds. The Balaban J connectivity index is 1.18. The highest BCUT2D eigenvalue weighted by molar-refractivity contribution is 6.29. The Labute approximate surface area is 241 Å². The molecule has 2 aromatic heterocycles. The van der Waals surface area contributed by atoms with Crippen molar-refractivity contribution in [1.82, 2.24) is 24.8 Å². The Morgan fingerprint density at radius 1 is 1.07 bits per heavy atom. The maximum Gasteiger partial charge on any atom is 0.226 e. The lowest BCUT2D eigenvalue weighted by molar-refractivity contribution is 0.184. The van der Waals surface area contributed by atoms with Gasteiger partial charge in [-0.3, -0.25) is 0 Å². The Hall–Kier alpha value is -3.00. The first-order valence-electron chi connectivity index (χ1n) is 14.5. The van der Waals surface area contributed by atoms with Crippen molar-refractivity contribution >= 4 is 28.5 Å². The highest BCUT2D eigenvalue weighted by Crippen LogP contribution is 2.41. The third kappa shape index (κ3) is 6.82.